The molecule has 20 heavy (non-hydrogen) atoms. The molecule has 1 aliphatic rings. The Morgan fingerprint density at radius 1 is 1.30 bits per heavy atom. The second kappa shape index (κ2) is 5.44. The number of benzene rings is 1. The zero-order chi connectivity index (χ0) is 13.9. The number of rotatable bonds is 2. The molecule has 2 heterocycles. The molecule has 0 radical (unpaired) electrons. The van der Waals surface area contributed by atoms with Crippen LogP contribution in [-0.4, -0.2) is 42.1 Å². The van der Waals surface area contributed by atoms with E-state index < -0.39 is 0 Å². The fraction of sp³-hybridized carbons (Fsp3) is 0.286. The minimum Gasteiger partial charge on any atom is -0.378 e. The van der Waals surface area contributed by atoms with Gasteiger partial charge in [0, 0.05) is 18.5 Å². The number of nitrogens with zero attached hydrogens (tertiary/aromatic N) is 2. The molecular weight excluding hydrogens is 256 g/mol. The van der Waals surface area contributed by atoms with Gasteiger partial charge in [0.15, 0.2) is 0 Å². The molecule has 0 atom stereocenters. The smallest absolute Gasteiger partial charge is 0.272 e. The first kappa shape index (κ1) is 12.8. The summed E-state index contributed by atoms with van der Waals surface area (Å²) in [7, 11) is 0. The van der Waals surface area contributed by atoms with Gasteiger partial charge in [-0.15, -0.1) is 0 Å². The van der Waals surface area contributed by atoms with Gasteiger partial charge in [0.25, 0.3) is 5.91 Å². The number of anilines is 1. The average Bonchev–Trinajstić information content (AvgIpc) is 2.54. The SMILES string of the molecule is NNc1cc(C(=O)N2CCOCC2)nc2ccccc12. The van der Waals surface area contributed by atoms with Gasteiger partial charge in [0.2, 0.25) is 0 Å². The topological polar surface area (TPSA) is 80.5 Å². The first-order chi connectivity index (χ1) is 9.79. The summed E-state index contributed by atoms with van der Waals surface area (Å²) < 4.78 is 5.25. The van der Waals surface area contributed by atoms with Crippen molar-refractivity contribution in [3.8, 4) is 0 Å². The molecule has 0 aliphatic carbocycles. The summed E-state index contributed by atoms with van der Waals surface area (Å²) in [6.07, 6.45) is 0. The van der Waals surface area contributed by atoms with Gasteiger partial charge in [0.05, 0.1) is 24.4 Å². The van der Waals surface area contributed by atoms with Crippen molar-refractivity contribution in [3.05, 3.63) is 36.0 Å². The van der Waals surface area contributed by atoms with E-state index in [-0.39, 0.29) is 5.91 Å². The number of hydrazine groups is 1. The number of fused-ring (bicyclic) bond motifs is 1. The van der Waals surface area contributed by atoms with Gasteiger partial charge in [-0.3, -0.25) is 10.6 Å². The van der Waals surface area contributed by atoms with Crippen molar-refractivity contribution in [2.75, 3.05) is 31.7 Å². The number of carbonyl (C=O) groups is 1. The maximum atomic E-state index is 12.5. The standard InChI is InChI=1S/C14H16N4O2/c15-17-12-9-13(14(19)18-5-7-20-8-6-18)16-11-4-2-1-3-10(11)12/h1-4,9H,5-8,15H2,(H,16,17). The number of amides is 1. The fourth-order valence-electron chi connectivity index (χ4n) is 2.33. The molecular formula is C14H16N4O2. The van der Waals surface area contributed by atoms with Gasteiger partial charge in [-0.1, -0.05) is 18.2 Å². The van der Waals surface area contributed by atoms with Crippen LogP contribution in [0, 0.1) is 0 Å². The van der Waals surface area contributed by atoms with E-state index in [4.69, 9.17) is 10.6 Å². The number of aromatic nitrogens is 1. The first-order valence-electron chi connectivity index (χ1n) is 6.53. The Labute approximate surface area is 116 Å². The Balaban J connectivity index is 2.00. The minimum atomic E-state index is -0.0875. The van der Waals surface area contributed by atoms with Crippen LogP contribution < -0.4 is 11.3 Å². The summed E-state index contributed by atoms with van der Waals surface area (Å²) in [5.74, 6) is 5.45. The molecule has 1 aliphatic heterocycles. The number of nitrogens with two attached hydrogens (primary N) is 1. The van der Waals surface area contributed by atoms with Gasteiger partial charge in [-0.2, -0.15) is 0 Å². The first-order valence-corrected chi connectivity index (χ1v) is 6.53. The fourth-order valence-corrected chi connectivity index (χ4v) is 2.33. The lowest BCUT2D eigenvalue weighted by Crippen LogP contribution is -2.41. The van der Waals surface area contributed by atoms with Crippen molar-refractivity contribution in [3.63, 3.8) is 0 Å². The normalized spacial score (nSPS) is 15.3. The molecule has 1 fully saturated rings. The number of nitrogens with one attached hydrogen (secondary N) is 1. The second-order valence-electron chi connectivity index (χ2n) is 4.62. The zero-order valence-corrected chi connectivity index (χ0v) is 11.0. The highest BCUT2D eigenvalue weighted by molar-refractivity contribution is 5.99. The van der Waals surface area contributed by atoms with Crippen LogP contribution in [0.3, 0.4) is 0 Å². The van der Waals surface area contributed by atoms with E-state index in [1.807, 2.05) is 24.3 Å². The second-order valence-corrected chi connectivity index (χ2v) is 4.62. The van der Waals surface area contributed by atoms with Crippen LogP contribution in [-0.2, 0) is 4.74 Å². The van der Waals surface area contributed by atoms with Crippen molar-refractivity contribution >= 4 is 22.5 Å². The third kappa shape index (κ3) is 2.31. The summed E-state index contributed by atoms with van der Waals surface area (Å²) in [5.41, 5.74) is 4.48. The van der Waals surface area contributed by atoms with E-state index in [1.165, 1.54) is 0 Å². The third-order valence-corrected chi connectivity index (χ3v) is 3.39. The van der Waals surface area contributed by atoms with Gasteiger partial charge in [-0.25, -0.2) is 4.98 Å². The lowest BCUT2D eigenvalue weighted by molar-refractivity contribution is 0.0299. The molecule has 104 valence electrons. The molecule has 1 aromatic heterocycles. The highest BCUT2D eigenvalue weighted by Gasteiger charge is 2.20. The Morgan fingerprint density at radius 3 is 2.80 bits per heavy atom. The maximum absolute atomic E-state index is 12.5. The number of hydrogen-bond donors (Lipinski definition) is 2. The molecule has 1 aromatic carbocycles. The van der Waals surface area contributed by atoms with Crippen LogP contribution >= 0.6 is 0 Å². The van der Waals surface area contributed by atoms with Gasteiger partial charge in [-0.05, 0) is 12.1 Å². The molecule has 1 saturated heterocycles. The van der Waals surface area contributed by atoms with Crippen LogP contribution in [0.2, 0.25) is 0 Å². The molecule has 0 spiro atoms. The number of nitrogen functional groups attached to an aromatic ring is 1. The maximum Gasteiger partial charge on any atom is 0.272 e. The lowest BCUT2D eigenvalue weighted by atomic mass is 10.1. The van der Waals surface area contributed by atoms with E-state index >= 15 is 0 Å². The van der Waals surface area contributed by atoms with Crippen molar-refractivity contribution in [1.82, 2.24) is 9.88 Å². The molecule has 6 heteroatoms. The van der Waals surface area contributed by atoms with Crippen LogP contribution in [0.15, 0.2) is 30.3 Å². The Bertz CT molecular complexity index is 638. The van der Waals surface area contributed by atoms with Gasteiger partial charge >= 0.3 is 0 Å². The summed E-state index contributed by atoms with van der Waals surface area (Å²) in [5, 5.41) is 0.897. The van der Waals surface area contributed by atoms with Crippen LogP contribution in [0.25, 0.3) is 10.9 Å². The van der Waals surface area contributed by atoms with Crippen molar-refractivity contribution in [1.29, 1.82) is 0 Å². The molecule has 6 nitrogen and oxygen atoms in total. The minimum absolute atomic E-state index is 0.0875. The number of carbonyl (C=O) groups excluding carboxylic acids is 1. The quantitative estimate of drug-likeness (QED) is 0.629. The summed E-state index contributed by atoms with van der Waals surface area (Å²) >= 11 is 0. The third-order valence-electron chi connectivity index (χ3n) is 3.39. The molecule has 0 saturated carbocycles. The number of morpholine rings is 1. The van der Waals surface area contributed by atoms with Gasteiger partial charge < -0.3 is 15.1 Å². The van der Waals surface area contributed by atoms with Crippen LogP contribution in [0.4, 0.5) is 5.69 Å². The van der Waals surface area contributed by atoms with E-state index in [0.717, 1.165) is 10.9 Å². The largest absolute Gasteiger partial charge is 0.378 e. The molecule has 0 unspecified atom stereocenters. The molecule has 3 rings (SSSR count). The number of ether oxygens (including phenoxy) is 1. The van der Waals surface area contributed by atoms with Crippen molar-refractivity contribution in [2.45, 2.75) is 0 Å². The van der Waals surface area contributed by atoms with E-state index in [0.29, 0.717) is 37.7 Å². The lowest BCUT2D eigenvalue weighted by Gasteiger charge is -2.26. The predicted molar refractivity (Wildman–Crippen MR) is 76.3 cm³/mol. The number of para-hydroxylation sites is 1. The van der Waals surface area contributed by atoms with E-state index in [9.17, 15) is 4.79 Å². The highest BCUT2D eigenvalue weighted by Crippen LogP contribution is 2.23. The Morgan fingerprint density at radius 2 is 2.05 bits per heavy atom. The van der Waals surface area contributed by atoms with Crippen LogP contribution in [0.1, 0.15) is 10.5 Å². The molecule has 2 aromatic rings. The van der Waals surface area contributed by atoms with Gasteiger partial charge in [0.1, 0.15) is 5.69 Å². The van der Waals surface area contributed by atoms with E-state index in [1.54, 1.807) is 11.0 Å². The summed E-state index contributed by atoms with van der Waals surface area (Å²) in [6.45, 7) is 2.33. The monoisotopic (exact) mass is 272 g/mol. The summed E-state index contributed by atoms with van der Waals surface area (Å²) in [4.78, 5) is 18.6. The van der Waals surface area contributed by atoms with Crippen molar-refractivity contribution < 1.29 is 9.53 Å². The van der Waals surface area contributed by atoms with Crippen LogP contribution in [0.5, 0.6) is 0 Å². The zero-order valence-electron chi connectivity index (χ0n) is 11.0. The summed E-state index contributed by atoms with van der Waals surface area (Å²) in [6, 6.07) is 9.28. The molecule has 0 bridgehead atoms. The Kier molecular flexibility index (Phi) is 3.49. The molecule has 3 N–H and O–H groups in total. The number of pyridine rings is 1. The highest BCUT2D eigenvalue weighted by atomic mass is 16.5. The van der Waals surface area contributed by atoms with E-state index in [2.05, 4.69) is 10.4 Å². The Hall–Kier alpha value is -2.18. The van der Waals surface area contributed by atoms with Crippen molar-refractivity contribution in [2.24, 2.45) is 5.84 Å². The molecule has 1 amide bonds. The number of hydrogen-bond acceptors (Lipinski definition) is 5. The average molecular weight is 272 g/mol. The predicted octanol–water partition coefficient (Wildman–Crippen LogP) is 0.993.